The normalized spacial score (nSPS) is 11.0. The quantitative estimate of drug-likeness (QED) is 0.436. The fourth-order valence-electron chi connectivity index (χ4n) is 3.27. The van der Waals surface area contributed by atoms with Crippen molar-refractivity contribution in [3.05, 3.63) is 82.3 Å². The van der Waals surface area contributed by atoms with Gasteiger partial charge in [-0.25, -0.2) is 0 Å². The van der Waals surface area contributed by atoms with E-state index in [4.69, 9.17) is 4.74 Å². The molecule has 2 aromatic carbocycles. The van der Waals surface area contributed by atoms with Crippen molar-refractivity contribution >= 4 is 28.0 Å². The molecule has 0 aliphatic carbocycles. The van der Waals surface area contributed by atoms with E-state index in [-0.39, 0.29) is 5.91 Å². The number of hydrogen-bond donors (Lipinski definition) is 0. The monoisotopic (exact) mass is 405 g/mol. The fraction of sp³-hybridized carbons (Fsp3) is 0.217. The second-order valence-corrected chi connectivity index (χ2v) is 7.83. The first-order valence-corrected chi connectivity index (χ1v) is 10.5. The van der Waals surface area contributed by atoms with E-state index in [9.17, 15) is 4.79 Å². The number of carbonyl (C=O) groups is 1. The van der Waals surface area contributed by atoms with Gasteiger partial charge in [-0.1, -0.05) is 30.3 Å². The number of benzene rings is 2. The van der Waals surface area contributed by atoms with Crippen LogP contribution < -0.4 is 4.74 Å². The molecule has 29 heavy (non-hydrogen) atoms. The van der Waals surface area contributed by atoms with Crippen molar-refractivity contribution in [2.45, 2.75) is 26.6 Å². The van der Waals surface area contributed by atoms with E-state index >= 15 is 0 Å². The van der Waals surface area contributed by atoms with Gasteiger partial charge in [-0.15, -0.1) is 11.3 Å². The van der Waals surface area contributed by atoms with Crippen molar-refractivity contribution in [1.82, 2.24) is 14.7 Å². The molecular formula is C23H23N3O2S. The zero-order valence-electron chi connectivity index (χ0n) is 16.5. The summed E-state index contributed by atoms with van der Waals surface area (Å²) in [5.74, 6) is 0.837. The number of amides is 1. The van der Waals surface area contributed by atoms with E-state index in [1.54, 1.807) is 11.1 Å². The molecule has 4 aromatic rings. The van der Waals surface area contributed by atoms with E-state index in [1.807, 2.05) is 60.4 Å². The van der Waals surface area contributed by atoms with Crippen LogP contribution >= 0.6 is 11.3 Å². The van der Waals surface area contributed by atoms with Crippen LogP contribution in [0.2, 0.25) is 0 Å². The summed E-state index contributed by atoms with van der Waals surface area (Å²) in [6.45, 7) is 3.81. The van der Waals surface area contributed by atoms with Gasteiger partial charge in [0.25, 0.3) is 5.91 Å². The highest BCUT2D eigenvalue weighted by atomic mass is 32.1. The van der Waals surface area contributed by atoms with Gasteiger partial charge >= 0.3 is 0 Å². The summed E-state index contributed by atoms with van der Waals surface area (Å²) < 4.78 is 7.84. The van der Waals surface area contributed by atoms with Gasteiger partial charge in [0.2, 0.25) is 0 Å². The molecule has 0 N–H and O–H groups in total. The van der Waals surface area contributed by atoms with Crippen molar-refractivity contribution in [3.8, 4) is 5.75 Å². The smallest absolute Gasteiger partial charge is 0.264 e. The molecule has 0 fully saturated rings. The van der Waals surface area contributed by atoms with E-state index in [0.29, 0.717) is 18.0 Å². The van der Waals surface area contributed by atoms with Crippen molar-refractivity contribution in [2.75, 3.05) is 7.05 Å². The minimum atomic E-state index is 0.0100. The molecule has 0 aliphatic rings. The Labute approximate surface area is 174 Å². The number of nitrogens with zero attached hydrogens (tertiary/aromatic N) is 3. The molecule has 0 bridgehead atoms. The molecule has 0 spiro atoms. The summed E-state index contributed by atoms with van der Waals surface area (Å²) in [5.41, 5.74) is 2.03. The van der Waals surface area contributed by atoms with Crippen LogP contribution in [0, 0.1) is 0 Å². The van der Waals surface area contributed by atoms with Gasteiger partial charge in [0.15, 0.2) is 0 Å². The first-order chi connectivity index (χ1) is 14.1. The lowest BCUT2D eigenvalue weighted by atomic mass is 10.1. The summed E-state index contributed by atoms with van der Waals surface area (Å²) in [6.07, 6.45) is 1.77. The molecule has 0 radical (unpaired) electrons. The number of ether oxygens (including phenoxy) is 1. The Balaban J connectivity index is 1.38. The lowest BCUT2D eigenvalue weighted by Gasteiger charge is -2.16. The van der Waals surface area contributed by atoms with Crippen molar-refractivity contribution in [1.29, 1.82) is 0 Å². The second-order valence-electron chi connectivity index (χ2n) is 6.92. The van der Waals surface area contributed by atoms with Gasteiger partial charge in [-0.3, -0.25) is 9.48 Å². The SMILES string of the molecule is CCn1nccc1CN(C)C(=O)c1cc(COc2ccc3ccccc3c2)cs1. The van der Waals surface area contributed by atoms with Crippen molar-refractivity contribution < 1.29 is 9.53 Å². The molecule has 0 aliphatic heterocycles. The number of thiophene rings is 1. The van der Waals surface area contributed by atoms with Gasteiger partial charge in [-0.05, 0) is 47.3 Å². The zero-order valence-corrected chi connectivity index (χ0v) is 17.4. The highest BCUT2D eigenvalue weighted by molar-refractivity contribution is 7.12. The number of rotatable bonds is 7. The van der Waals surface area contributed by atoms with E-state index in [1.165, 1.54) is 16.7 Å². The molecule has 5 nitrogen and oxygen atoms in total. The van der Waals surface area contributed by atoms with Crippen molar-refractivity contribution in [2.24, 2.45) is 0 Å². The third-order valence-corrected chi connectivity index (χ3v) is 5.81. The highest BCUT2D eigenvalue weighted by Gasteiger charge is 2.16. The Morgan fingerprint density at radius 1 is 1.14 bits per heavy atom. The Hall–Kier alpha value is -3.12. The summed E-state index contributed by atoms with van der Waals surface area (Å²) in [4.78, 5) is 15.2. The molecule has 4 rings (SSSR count). The van der Waals surface area contributed by atoms with Gasteiger partial charge < -0.3 is 9.64 Å². The van der Waals surface area contributed by atoms with Gasteiger partial charge in [0, 0.05) is 25.4 Å². The standard InChI is InChI=1S/C23H23N3O2S/c1-3-26-20(10-11-24-26)14-25(2)23(27)22-12-17(16-29-22)15-28-21-9-8-18-6-4-5-7-19(18)13-21/h4-13,16H,3,14-15H2,1-2H3. The highest BCUT2D eigenvalue weighted by Crippen LogP contribution is 2.23. The molecule has 0 saturated carbocycles. The second kappa shape index (κ2) is 8.49. The van der Waals surface area contributed by atoms with Crippen LogP contribution in [-0.4, -0.2) is 27.6 Å². The summed E-state index contributed by atoms with van der Waals surface area (Å²) >= 11 is 1.45. The van der Waals surface area contributed by atoms with E-state index in [2.05, 4.69) is 23.3 Å². The maximum Gasteiger partial charge on any atom is 0.264 e. The topological polar surface area (TPSA) is 47.4 Å². The van der Waals surface area contributed by atoms with Crippen LogP contribution in [0.25, 0.3) is 10.8 Å². The molecule has 1 amide bonds. The average molecular weight is 406 g/mol. The lowest BCUT2D eigenvalue weighted by Crippen LogP contribution is -2.26. The van der Waals surface area contributed by atoms with Gasteiger partial charge in [-0.2, -0.15) is 5.10 Å². The van der Waals surface area contributed by atoms with Crippen LogP contribution in [0.1, 0.15) is 27.9 Å². The predicted octanol–water partition coefficient (Wildman–Crippen LogP) is 4.97. The summed E-state index contributed by atoms with van der Waals surface area (Å²) in [5, 5.41) is 8.59. The third kappa shape index (κ3) is 4.32. The number of hydrogen-bond acceptors (Lipinski definition) is 4. The molecule has 148 valence electrons. The maximum atomic E-state index is 12.8. The van der Waals surface area contributed by atoms with Gasteiger partial charge in [0.1, 0.15) is 12.4 Å². The van der Waals surface area contributed by atoms with Gasteiger partial charge in [0.05, 0.1) is 17.1 Å². The molecule has 2 aromatic heterocycles. The minimum absolute atomic E-state index is 0.0100. The number of carbonyl (C=O) groups excluding carboxylic acids is 1. The first kappa shape index (κ1) is 19.2. The number of fused-ring (bicyclic) bond motifs is 1. The third-order valence-electron chi connectivity index (χ3n) is 4.84. The van der Waals surface area contributed by atoms with Crippen LogP contribution in [0.5, 0.6) is 5.75 Å². The molecule has 6 heteroatoms. The predicted molar refractivity (Wildman–Crippen MR) is 116 cm³/mol. The Morgan fingerprint density at radius 3 is 2.79 bits per heavy atom. The maximum absolute atomic E-state index is 12.8. The van der Waals surface area contributed by atoms with E-state index < -0.39 is 0 Å². The largest absolute Gasteiger partial charge is 0.489 e. The molecular weight excluding hydrogens is 382 g/mol. The van der Waals surface area contributed by atoms with Crippen LogP contribution in [0.4, 0.5) is 0 Å². The molecule has 0 saturated heterocycles. The zero-order chi connectivity index (χ0) is 20.2. The van der Waals surface area contributed by atoms with E-state index in [0.717, 1.165) is 28.9 Å². The molecule has 0 atom stereocenters. The number of aromatic nitrogens is 2. The Bertz CT molecular complexity index is 1130. The molecule has 2 heterocycles. The summed E-state index contributed by atoms with van der Waals surface area (Å²) in [6, 6.07) is 18.1. The van der Waals surface area contributed by atoms with Crippen LogP contribution in [0.15, 0.2) is 66.2 Å². The Morgan fingerprint density at radius 2 is 1.97 bits per heavy atom. The lowest BCUT2D eigenvalue weighted by molar-refractivity contribution is 0.0786. The Kier molecular flexibility index (Phi) is 5.62. The fourth-order valence-corrected chi connectivity index (χ4v) is 4.16. The minimum Gasteiger partial charge on any atom is -0.489 e. The van der Waals surface area contributed by atoms with Crippen molar-refractivity contribution in [3.63, 3.8) is 0 Å². The number of aryl methyl sites for hydroxylation is 1. The van der Waals surface area contributed by atoms with Crippen LogP contribution in [-0.2, 0) is 19.7 Å². The molecule has 0 unspecified atom stereocenters. The van der Waals surface area contributed by atoms with Crippen LogP contribution in [0.3, 0.4) is 0 Å². The summed E-state index contributed by atoms with van der Waals surface area (Å²) in [7, 11) is 1.82. The average Bonchev–Trinajstić information content (AvgIpc) is 3.40. The first-order valence-electron chi connectivity index (χ1n) is 9.59.